The largest absolute Gasteiger partial charge is 0.326 e. The molecule has 1 atom stereocenters. The lowest BCUT2D eigenvalue weighted by Crippen LogP contribution is -2.53. The molecule has 0 saturated carbocycles. The molecule has 2 saturated heterocycles. The number of amides is 3. The first-order valence-electron chi connectivity index (χ1n) is 10.3. The number of nitrogens with one attached hydrogen (secondary N) is 1. The highest BCUT2D eigenvalue weighted by atomic mass is 32.1. The minimum atomic E-state index is -0.758. The summed E-state index contributed by atoms with van der Waals surface area (Å²) in [5.74, 6) is -0.0574. The molecular formula is C22H26N4O2S. The van der Waals surface area contributed by atoms with Gasteiger partial charge in [-0.3, -0.25) is 14.6 Å². The number of urea groups is 1. The summed E-state index contributed by atoms with van der Waals surface area (Å²) in [6, 6.07) is 12.3. The highest BCUT2D eigenvalue weighted by Crippen LogP contribution is 2.33. The van der Waals surface area contributed by atoms with E-state index in [0.717, 1.165) is 39.1 Å². The van der Waals surface area contributed by atoms with Crippen LogP contribution in [0.25, 0.3) is 0 Å². The van der Waals surface area contributed by atoms with Gasteiger partial charge in [0.2, 0.25) is 0 Å². The minimum Gasteiger partial charge on any atom is -0.323 e. The van der Waals surface area contributed by atoms with Gasteiger partial charge in [0.25, 0.3) is 5.91 Å². The van der Waals surface area contributed by atoms with E-state index in [2.05, 4.69) is 44.8 Å². The van der Waals surface area contributed by atoms with Crippen molar-refractivity contribution < 1.29 is 9.59 Å². The highest BCUT2D eigenvalue weighted by Gasteiger charge is 2.52. The molecule has 3 amide bonds. The maximum atomic E-state index is 13.3. The summed E-state index contributed by atoms with van der Waals surface area (Å²) < 4.78 is 0. The molecular weight excluding hydrogens is 384 g/mol. The van der Waals surface area contributed by atoms with Crippen LogP contribution >= 0.6 is 11.3 Å². The number of benzene rings is 1. The van der Waals surface area contributed by atoms with Gasteiger partial charge in [0.15, 0.2) is 0 Å². The molecule has 1 aromatic heterocycles. The Bertz CT molecular complexity index is 907. The van der Waals surface area contributed by atoms with Crippen LogP contribution in [-0.4, -0.2) is 65.0 Å². The number of nitrogens with zero attached hydrogens (tertiary/aromatic N) is 3. The van der Waals surface area contributed by atoms with E-state index in [1.807, 2.05) is 12.1 Å². The maximum Gasteiger partial charge on any atom is 0.326 e. The zero-order chi connectivity index (χ0) is 19.8. The van der Waals surface area contributed by atoms with E-state index in [0.29, 0.717) is 19.5 Å². The smallest absolute Gasteiger partial charge is 0.323 e. The predicted molar refractivity (Wildman–Crippen MR) is 113 cm³/mol. The van der Waals surface area contributed by atoms with Gasteiger partial charge in [0.05, 0.1) is 6.67 Å². The molecule has 1 aliphatic carbocycles. The van der Waals surface area contributed by atoms with Crippen LogP contribution in [0, 0.1) is 0 Å². The van der Waals surface area contributed by atoms with E-state index >= 15 is 0 Å². The Hall–Kier alpha value is -2.22. The van der Waals surface area contributed by atoms with Crippen molar-refractivity contribution in [1.82, 2.24) is 20.0 Å². The van der Waals surface area contributed by atoms with Crippen molar-refractivity contribution in [3.8, 4) is 0 Å². The molecule has 0 radical (unpaired) electrons. The number of rotatable bonds is 4. The lowest BCUT2D eigenvalue weighted by molar-refractivity contribution is -0.133. The Balaban J connectivity index is 1.20. The zero-order valence-electron chi connectivity index (χ0n) is 16.5. The van der Waals surface area contributed by atoms with Crippen LogP contribution in [0.15, 0.2) is 41.8 Å². The van der Waals surface area contributed by atoms with Crippen molar-refractivity contribution in [3.63, 3.8) is 0 Å². The fraction of sp³-hybridized carbons (Fsp3) is 0.455. The number of fused-ring (bicyclic) bond motifs is 1. The molecule has 2 fully saturated rings. The second-order valence-corrected chi connectivity index (χ2v) is 9.34. The number of thiophene rings is 1. The Morgan fingerprint density at radius 2 is 1.72 bits per heavy atom. The highest BCUT2D eigenvalue weighted by molar-refractivity contribution is 7.09. The Morgan fingerprint density at radius 1 is 0.966 bits per heavy atom. The molecule has 1 aromatic carbocycles. The lowest BCUT2D eigenvalue weighted by Gasteiger charge is -2.36. The summed E-state index contributed by atoms with van der Waals surface area (Å²) in [5, 5.41) is 5.15. The van der Waals surface area contributed by atoms with E-state index in [4.69, 9.17) is 0 Å². The topological polar surface area (TPSA) is 55.9 Å². The average molecular weight is 411 g/mol. The molecule has 152 valence electrons. The lowest BCUT2D eigenvalue weighted by atomic mass is 9.78. The maximum absolute atomic E-state index is 13.3. The number of carbonyl (C=O) groups excluding carboxylic acids is 2. The zero-order valence-corrected chi connectivity index (χ0v) is 17.3. The minimum absolute atomic E-state index is 0.0574. The second kappa shape index (κ2) is 7.55. The van der Waals surface area contributed by atoms with Gasteiger partial charge in [0.1, 0.15) is 5.54 Å². The number of hydrogen-bond donors (Lipinski definition) is 1. The van der Waals surface area contributed by atoms with Crippen molar-refractivity contribution >= 4 is 23.3 Å². The van der Waals surface area contributed by atoms with Gasteiger partial charge < -0.3 is 5.32 Å². The van der Waals surface area contributed by atoms with Crippen LogP contribution in [0.4, 0.5) is 4.79 Å². The van der Waals surface area contributed by atoms with Crippen LogP contribution in [0.1, 0.15) is 22.4 Å². The van der Waals surface area contributed by atoms with E-state index in [9.17, 15) is 9.59 Å². The van der Waals surface area contributed by atoms with E-state index < -0.39 is 5.54 Å². The summed E-state index contributed by atoms with van der Waals surface area (Å²) in [4.78, 5) is 33.4. The molecule has 1 N–H and O–H groups in total. The van der Waals surface area contributed by atoms with E-state index in [1.165, 1.54) is 20.9 Å². The Morgan fingerprint density at radius 3 is 2.48 bits per heavy atom. The van der Waals surface area contributed by atoms with Crippen LogP contribution in [0.3, 0.4) is 0 Å². The van der Waals surface area contributed by atoms with E-state index in [-0.39, 0.29) is 11.9 Å². The fourth-order valence-electron chi connectivity index (χ4n) is 4.74. The van der Waals surface area contributed by atoms with Gasteiger partial charge >= 0.3 is 6.03 Å². The van der Waals surface area contributed by atoms with Gasteiger partial charge in [-0.25, -0.2) is 9.69 Å². The van der Waals surface area contributed by atoms with Crippen molar-refractivity contribution in [2.45, 2.75) is 31.3 Å². The number of aryl methyl sites for hydroxylation is 1. The third kappa shape index (κ3) is 3.58. The number of imide groups is 1. The van der Waals surface area contributed by atoms with Crippen LogP contribution in [-0.2, 0) is 24.2 Å². The van der Waals surface area contributed by atoms with Gasteiger partial charge in [0, 0.05) is 44.0 Å². The van der Waals surface area contributed by atoms with Crippen molar-refractivity contribution in [2.24, 2.45) is 0 Å². The SMILES string of the molecule is O=C1NC2(CCc3ccccc3C2)C(=O)N1CN1CCN(Cc2cccs2)CC1. The van der Waals surface area contributed by atoms with Crippen LogP contribution in [0.2, 0.25) is 0 Å². The van der Waals surface area contributed by atoms with Gasteiger partial charge in [-0.15, -0.1) is 11.3 Å². The summed E-state index contributed by atoms with van der Waals surface area (Å²) in [6.07, 6.45) is 2.11. The number of hydrogen-bond acceptors (Lipinski definition) is 5. The average Bonchev–Trinajstić information content (AvgIpc) is 3.32. The molecule has 1 spiro atoms. The molecule has 0 bridgehead atoms. The van der Waals surface area contributed by atoms with Crippen LogP contribution in [0.5, 0.6) is 0 Å². The molecule has 3 aliphatic rings. The third-order valence-electron chi connectivity index (χ3n) is 6.44. The molecule has 5 rings (SSSR count). The molecule has 6 nitrogen and oxygen atoms in total. The molecule has 29 heavy (non-hydrogen) atoms. The van der Waals surface area contributed by atoms with Crippen molar-refractivity contribution in [2.75, 3.05) is 32.8 Å². The summed E-state index contributed by atoms with van der Waals surface area (Å²) in [7, 11) is 0. The monoisotopic (exact) mass is 410 g/mol. The third-order valence-corrected chi connectivity index (χ3v) is 7.30. The van der Waals surface area contributed by atoms with Gasteiger partial charge in [-0.1, -0.05) is 30.3 Å². The number of piperazine rings is 1. The van der Waals surface area contributed by atoms with E-state index in [1.54, 1.807) is 11.3 Å². The van der Waals surface area contributed by atoms with Crippen molar-refractivity contribution in [3.05, 3.63) is 57.8 Å². The normalized spacial score (nSPS) is 25.4. The molecule has 3 heterocycles. The van der Waals surface area contributed by atoms with Crippen LogP contribution < -0.4 is 5.32 Å². The molecule has 2 aromatic rings. The quantitative estimate of drug-likeness (QED) is 0.786. The summed E-state index contributed by atoms with van der Waals surface area (Å²) >= 11 is 1.79. The Kier molecular flexibility index (Phi) is 4.89. The summed E-state index contributed by atoms with van der Waals surface area (Å²) in [6.45, 7) is 5.04. The Labute approximate surface area is 175 Å². The predicted octanol–water partition coefficient (Wildman–Crippen LogP) is 2.30. The first-order valence-corrected chi connectivity index (χ1v) is 11.2. The molecule has 7 heteroatoms. The fourth-order valence-corrected chi connectivity index (χ4v) is 5.49. The van der Waals surface area contributed by atoms with Gasteiger partial charge in [-0.05, 0) is 35.4 Å². The summed E-state index contributed by atoms with van der Waals surface area (Å²) in [5.41, 5.74) is 1.71. The standard InChI is InChI=1S/C22H26N4O2S/c27-20-22(8-7-17-4-1-2-5-18(17)14-22)23-21(28)26(20)16-25-11-9-24(10-12-25)15-19-6-3-13-29-19/h1-6,13H,7-12,14-16H2,(H,23,28). The number of carbonyl (C=O) groups is 2. The van der Waals surface area contributed by atoms with Crippen molar-refractivity contribution in [1.29, 1.82) is 0 Å². The molecule has 2 aliphatic heterocycles. The second-order valence-electron chi connectivity index (χ2n) is 8.31. The first-order chi connectivity index (χ1) is 14.1. The first kappa shape index (κ1) is 18.8. The molecule has 1 unspecified atom stereocenters. The van der Waals surface area contributed by atoms with Gasteiger partial charge in [-0.2, -0.15) is 0 Å².